The van der Waals surface area contributed by atoms with Gasteiger partial charge in [0.1, 0.15) is 17.7 Å². The molecule has 52 heavy (non-hydrogen) atoms. The Kier molecular flexibility index (Phi) is 9.59. The van der Waals surface area contributed by atoms with Crippen LogP contribution in [0, 0.1) is 0 Å². The number of benzene rings is 2. The van der Waals surface area contributed by atoms with E-state index in [0.717, 1.165) is 98.5 Å². The highest BCUT2D eigenvalue weighted by molar-refractivity contribution is 5.89. The molecule has 3 N–H and O–H groups in total. The van der Waals surface area contributed by atoms with E-state index in [1.807, 2.05) is 45.6 Å². The highest BCUT2D eigenvalue weighted by atomic mass is 16.5. The lowest BCUT2D eigenvalue weighted by atomic mass is 9.85. The van der Waals surface area contributed by atoms with Crippen LogP contribution in [-0.4, -0.2) is 74.6 Å². The van der Waals surface area contributed by atoms with Gasteiger partial charge in [0.15, 0.2) is 5.65 Å². The van der Waals surface area contributed by atoms with Crippen molar-refractivity contribution in [2.45, 2.75) is 77.0 Å². The summed E-state index contributed by atoms with van der Waals surface area (Å²) >= 11 is 0. The first-order valence-corrected chi connectivity index (χ1v) is 18.8. The van der Waals surface area contributed by atoms with Gasteiger partial charge in [-0.3, -0.25) is 14.6 Å². The van der Waals surface area contributed by atoms with Crippen LogP contribution in [0.15, 0.2) is 72.9 Å². The van der Waals surface area contributed by atoms with Crippen LogP contribution in [0.25, 0.3) is 11.3 Å². The van der Waals surface area contributed by atoms with Crippen LogP contribution >= 0.6 is 0 Å². The number of anilines is 2. The van der Waals surface area contributed by atoms with Crippen LogP contribution in [0.3, 0.4) is 0 Å². The number of amides is 2. The maximum absolute atomic E-state index is 13.8. The lowest BCUT2D eigenvalue weighted by molar-refractivity contribution is 0.171. The number of piperidine rings is 1. The van der Waals surface area contributed by atoms with Crippen LogP contribution < -0.4 is 25.6 Å². The molecule has 12 nitrogen and oxygen atoms in total. The third-order valence-corrected chi connectivity index (χ3v) is 10.5. The fraction of sp³-hybridized carbons (Fsp3) is 0.450. The van der Waals surface area contributed by atoms with Crippen molar-refractivity contribution in [3.63, 3.8) is 0 Å². The second-order valence-electron chi connectivity index (χ2n) is 15.4. The number of urea groups is 1. The largest absolute Gasteiger partial charge is 0.484 e. The number of carbonyl (C=O) groups is 1. The van der Waals surface area contributed by atoms with Gasteiger partial charge < -0.3 is 20.3 Å². The summed E-state index contributed by atoms with van der Waals surface area (Å²) in [5.74, 6) is 2.29. The molecule has 0 unspecified atom stereocenters. The normalized spacial score (nSPS) is 19.7. The molecule has 2 saturated heterocycles. The molecule has 2 aromatic carbocycles. The molecule has 1 aliphatic carbocycles. The third kappa shape index (κ3) is 7.35. The Morgan fingerprint density at radius 3 is 2.52 bits per heavy atom. The van der Waals surface area contributed by atoms with Crippen LogP contribution in [0.4, 0.5) is 16.6 Å². The first kappa shape index (κ1) is 34.2. The van der Waals surface area contributed by atoms with E-state index in [-0.39, 0.29) is 23.6 Å². The van der Waals surface area contributed by atoms with Gasteiger partial charge in [0.25, 0.3) is 0 Å². The minimum atomic E-state index is -0.263. The monoisotopic (exact) mass is 702 g/mol. The van der Waals surface area contributed by atoms with E-state index in [0.29, 0.717) is 5.82 Å². The van der Waals surface area contributed by atoms with E-state index in [4.69, 9.17) is 9.84 Å². The minimum absolute atomic E-state index is 0.145. The number of rotatable bonds is 8. The van der Waals surface area contributed by atoms with Gasteiger partial charge in [-0.1, -0.05) is 57.2 Å². The Morgan fingerprint density at radius 1 is 0.904 bits per heavy atom. The molecule has 5 aromatic rings. The average molecular weight is 703 g/mol. The summed E-state index contributed by atoms with van der Waals surface area (Å²) < 4.78 is 10.6. The van der Waals surface area contributed by atoms with E-state index in [1.165, 1.54) is 24.8 Å². The summed E-state index contributed by atoms with van der Waals surface area (Å²) in [6.45, 7) is 13.4. The number of ether oxygens (including phenoxy) is 1. The Hall–Kier alpha value is -4.94. The Balaban J connectivity index is 0.985. The molecule has 3 aromatic heterocycles. The number of pyridine rings is 1. The molecule has 0 bridgehead atoms. The maximum atomic E-state index is 13.8. The summed E-state index contributed by atoms with van der Waals surface area (Å²) in [5, 5.41) is 23.8. The van der Waals surface area contributed by atoms with Gasteiger partial charge in [-0.25, -0.2) is 9.48 Å². The SMILES string of the molecule is CC(C)(C)c1cc(NC(=O)N[C@H]2CC[C@@H](Oc3ccc4nnc(N5CCCCC5)n4c3)c3ccccc32)n(-c2cccc(CN3CCNCC3)c2)n1. The first-order chi connectivity index (χ1) is 25.3. The van der Waals surface area contributed by atoms with E-state index in [2.05, 4.69) is 93.1 Å². The van der Waals surface area contributed by atoms with Gasteiger partial charge in [0.05, 0.1) is 23.6 Å². The molecule has 12 heteroatoms. The van der Waals surface area contributed by atoms with E-state index >= 15 is 0 Å². The molecular formula is C40H50N10O2. The zero-order valence-electron chi connectivity index (χ0n) is 30.5. The second-order valence-corrected chi connectivity index (χ2v) is 15.4. The minimum Gasteiger partial charge on any atom is -0.484 e. The molecule has 2 aliphatic heterocycles. The highest BCUT2D eigenvalue weighted by Gasteiger charge is 2.30. The fourth-order valence-corrected chi connectivity index (χ4v) is 7.68. The number of nitrogens with zero attached hydrogens (tertiary/aromatic N) is 7. The molecule has 2 amide bonds. The van der Waals surface area contributed by atoms with Crippen molar-refractivity contribution < 1.29 is 9.53 Å². The Labute approximate surface area is 305 Å². The third-order valence-electron chi connectivity index (χ3n) is 10.5. The number of hydrogen-bond donors (Lipinski definition) is 3. The predicted octanol–water partition coefficient (Wildman–Crippen LogP) is 6.38. The Bertz CT molecular complexity index is 2020. The first-order valence-electron chi connectivity index (χ1n) is 18.8. The number of aromatic nitrogens is 5. The van der Waals surface area contributed by atoms with Crippen molar-refractivity contribution in [3.05, 3.63) is 95.3 Å². The summed E-state index contributed by atoms with van der Waals surface area (Å²) in [4.78, 5) is 18.5. The van der Waals surface area contributed by atoms with Crippen LogP contribution in [0.2, 0.25) is 0 Å². The summed E-state index contributed by atoms with van der Waals surface area (Å²) in [7, 11) is 0. The van der Waals surface area contributed by atoms with Crippen LogP contribution in [0.1, 0.15) is 87.4 Å². The molecule has 8 rings (SSSR count). The zero-order chi connectivity index (χ0) is 35.7. The van der Waals surface area contributed by atoms with Crippen molar-refractivity contribution in [3.8, 4) is 11.4 Å². The summed E-state index contributed by atoms with van der Waals surface area (Å²) in [6, 6.07) is 22.2. The lowest BCUT2D eigenvalue weighted by Crippen LogP contribution is -2.42. The van der Waals surface area contributed by atoms with Crippen LogP contribution in [-0.2, 0) is 12.0 Å². The molecule has 3 aliphatic rings. The molecule has 272 valence electrons. The van der Waals surface area contributed by atoms with E-state index < -0.39 is 0 Å². The molecule has 0 saturated carbocycles. The van der Waals surface area contributed by atoms with Gasteiger partial charge in [0, 0.05) is 57.3 Å². The van der Waals surface area contributed by atoms with Crippen LogP contribution in [0.5, 0.6) is 5.75 Å². The van der Waals surface area contributed by atoms with Gasteiger partial charge in [-0.15, -0.1) is 10.2 Å². The van der Waals surface area contributed by atoms with Crippen molar-refractivity contribution in [1.29, 1.82) is 0 Å². The van der Waals surface area contributed by atoms with E-state index in [9.17, 15) is 4.79 Å². The number of piperazine rings is 1. The van der Waals surface area contributed by atoms with Gasteiger partial charge in [-0.2, -0.15) is 5.10 Å². The number of carbonyl (C=O) groups excluding carboxylic acids is 1. The number of fused-ring (bicyclic) bond motifs is 2. The number of hydrogen-bond acceptors (Lipinski definition) is 8. The smallest absolute Gasteiger partial charge is 0.320 e. The summed E-state index contributed by atoms with van der Waals surface area (Å²) in [5.41, 5.74) is 5.83. The van der Waals surface area contributed by atoms with E-state index in [1.54, 1.807) is 0 Å². The molecular weight excluding hydrogens is 653 g/mol. The quantitative estimate of drug-likeness (QED) is 0.171. The molecule has 5 heterocycles. The number of nitrogens with one attached hydrogen (secondary N) is 3. The standard InChI is InChI=1S/C40H50N10O2/c1-40(2,3)35-25-37(50(46-35)29-11-9-10-28(24-29)26-47-22-18-41-19-23-47)43-38(51)42-33-15-16-34(32-13-6-5-12-31(32)33)52-30-14-17-36-44-45-39(49(36)27-30)48-20-7-4-8-21-48/h5-6,9-14,17,24-25,27,33-34,41H,4,7-8,15-16,18-23,26H2,1-3H3,(H2,42,43,51)/t33-,34+/m0/s1. The molecule has 0 radical (unpaired) electrons. The van der Waals surface area contributed by atoms with Gasteiger partial charge >= 0.3 is 6.03 Å². The molecule has 2 atom stereocenters. The van der Waals surface area contributed by atoms with Crippen molar-refractivity contribution in [2.75, 3.05) is 49.5 Å². The van der Waals surface area contributed by atoms with Gasteiger partial charge in [-0.05, 0) is 73.1 Å². The highest BCUT2D eigenvalue weighted by Crippen LogP contribution is 2.39. The van der Waals surface area contributed by atoms with Crippen molar-refractivity contribution >= 4 is 23.4 Å². The molecule has 0 spiro atoms. The lowest BCUT2D eigenvalue weighted by Gasteiger charge is -2.32. The van der Waals surface area contributed by atoms with Crippen molar-refractivity contribution in [1.82, 2.24) is 39.9 Å². The van der Waals surface area contributed by atoms with Gasteiger partial charge in [0.2, 0.25) is 5.95 Å². The fourth-order valence-electron chi connectivity index (χ4n) is 7.68. The average Bonchev–Trinajstić information content (AvgIpc) is 3.78. The second kappa shape index (κ2) is 14.6. The Morgan fingerprint density at radius 2 is 1.71 bits per heavy atom. The predicted molar refractivity (Wildman–Crippen MR) is 203 cm³/mol. The van der Waals surface area contributed by atoms with Crippen molar-refractivity contribution in [2.24, 2.45) is 0 Å². The topological polar surface area (TPSA) is 117 Å². The maximum Gasteiger partial charge on any atom is 0.320 e. The summed E-state index contributed by atoms with van der Waals surface area (Å²) in [6.07, 6.45) is 6.96. The molecule has 2 fully saturated rings. The zero-order valence-corrected chi connectivity index (χ0v) is 30.5.